The third-order valence-corrected chi connectivity index (χ3v) is 2.07. The molecular formula is C11H12N2O4. The zero-order chi connectivity index (χ0) is 12.8. The van der Waals surface area contributed by atoms with Crippen molar-refractivity contribution in [2.45, 2.75) is 19.1 Å². The van der Waals surface area contributed by atoms with E-state index < -0.39 is 18.2 Å². The second-order valence-corrected chi connectivity index (χ2v) is 3.19. The number of hydrogen-bond donors (Lipinski definition) is 2. The molecule has 1 heterocycles. The number of aromatic nitrogens is 1. The van der Waals surface area contributed by atoms with Gasteiger partial charge in [0.05, 0.1) is 17.9 Å². The monoisotopic (exact) mass is 236 g/mol. The van der Waals surface area contributed by atoms with Gasteiger partial charge in [-0.1, -0.05) is 0 Å². The predicted octanol–water partition coefficient (Wildman–Crippen LogP) is -0.0893. The Kier molecular flexibility index (Phi) is 4.57. The maximum atomic E-state index is 11.2. The SMILES string of the molecule is CCOC(=O)C(O)C(O)c1ncccc1C#N. The second kappa shape index (κ2) is 5.94. The minimum absolute atomic E-state index is 0.0458. The summed E-state index contributed by atoms with van der Waals surface area (Å²) in [5, 5.41) is 28.0. The second-order valence-electron chi connectivity index (χ2n) is 3.19. The highest BCUT2D eigenvalue weighted by molar-refractivity contribution is 5.75. The Hall–Kier alpha value is -1.97. The van der Waals surface area contributed by atoms with Crippen LogP contribution in [0.4, 0.5) is 0 Å². The van der Waals surface area contributed by atoms with Gasteiger partial charge in [0, 0.05) is 6.20 Å². The molecule has 0 aliphatic carbocycles. The van der Waals surface area contributed by atoms with Crippen LogP contribution in [0.25, 0.3) is 0 Å². The van der Waals surface area contributed by atoms with Crippen LogP contribution in [0.5, 0.6) is 0 Å². The Labute approximate surface area is 98.1 Å². The fraction of sp³-hybridized carbons (Fsp3) is 0.364. The molecule has 0 saturated heterocycles. The molecule has 0 fully saturated rings. The minimum atomic E-state index is -1.75. The van der Waals surface area contributed by atoms with Gasteiger partial charge < -0.3 is 14.9 Å². The van der Waals surface area contributed by atoms with Gasteiger partial charge in [0.1, 0.15) is 12.2 Å². The minimum Gasteiger partial charge on any atom is -0.464 e. The lowest BCUT2D eigenvalue weighted by molar-refractivity contribution is -0.159. The molecule has 6 nitrogen and oxygen atoms in total. The van der Waals surface area contributed by atoms with E-state index in [0.29, 0.717) is 0 Å². The van der Waals surface area contributed by atoms with Crippen molar-refractivity contribution < 1.29 is 19.7 Å². The highest BCUT2D eigenvalue weighted by Gasteiger charge is 2.29. The van der Waals surface area contributed by atoms with Crippen molar-refractivity contribution in [3.8, 4) is 6.07 Å². The maximum absolute atomic E-state index is 11.2. The molecule has 0 amide bonds. The van der Waals surface area contributed by atoms with Crippen molar-refractivity contribution in [2.75, 3.05) is 6.61 Å². The molecule has 0 aromatic carbocycles. The third kappa shape index (κ3) is 3.00. The van der Waals surface area contributed by atoms with Gasteiger partial charge in [-0.2, -0.15) is 5.26 Å². The summed E-state index contributed by atoms with van der Waals surface area (Å²) in [7, 11) is 0. The number of aliphatic hydroxyl groups excluding tert-OH is 2. The number of nitrogens with zero attached hydrogens (tertiary/aromatic N) is 2. The molecule has 2 unspecified atom stereocenters. The van der Waals surface area contributed by atoms with E-state index in [1.54, 1.807) is 6.92 Å². The zero-order valence-electron chi connectivity index (χ0n) is 9.20. The summed E-state index contributed by atoms with van der Waals surface area (Å²) in [5.74, 6) is -0.949. The average Bonchev–Trinajstić information content (AvgIpc) is 2.37. The summed E-state index contributed by atoms with van der Waals surface area (Å²) in [6.07, 6.45) is -1.97. The van der Waals surface area contributed by atoms with E-state index in [4.69, 9.17) is 5.26 Å². The Morgan fingerprint density at radius 3 is 2.94 bits per heavy atom. The number of pyridine rings is 1. The summed E-state index contributed by atoms with van der Waals surface area (Å²) >= 11 is 0. The molecular weight excluding hydrogens is 224 g/mol. The molecule has 0 spiro atoms. The Morgan fingerprint density at radius 1 is 1.65 bits per heavy atom. The predicted molar refractivity (Wildman–Crippen MR) is 56.6 cm³/mol. The fourth-order valence-corrected chi connectivity index (χ4v) is 1.25. The molecule has 90 valence electrons. The van der Waals surface area contributed by atoms with Gasteiger partial charge in [0.25, 0.3) is 0 Å². The van der Waals surface area contributed by atoms with Crippen LogP contribution in [0, 0.1) is 11.3 Å². The molecule has 0 aliphatic heterocycles. The van der Waals surface area contributed by atoms with Crippen LogP contribution < -0.4 is 0 Å². The van der Waals surface area contributed by atoms with Crippen LogP contribution in [0.3, 0.4) is 0 Å². The first-order valence-electron chi connectivity index (χ1n) is 4.99. The zero-order valence-corrected chi connectivity index (χ0v) is 9.20. The van der Waals surface area contributed by atoms with E-state index in [2.05, 4.69) is 9.72 Å². The molecule has 1 rings (SSSR count). The first kappa shape index (κ1) is 13.1. The van der Waals surface area contributed by atoms with Gasteiger partial charge in [-0.3, -0.25) is 4.98 Å². The van der Waals surface area contributed by atoms with Gasteiger partial charge in [-0.05, 0) is 19.1 Å². The smallest absolute Gasteiger partial charge is 0.338 e. The Balaban J connectivity index is 2.93. The van der Waals surface area contributed by atoms with Crippen LogP contribution >= 0.6 is 0 Å². The fourth-order valence-electron chi connectivity index (χ4n) is 1.25. The number of carbonyl (C=O) groups excluding carboxylic acids is 1. The summed E-state index contributed by atoms with van der Waals surface area (Å²) in [6, 6.07) is 4.77. The highest BCUT2D eigenvalue weighted by Crippen LogP contribution is 2.18. The van der Waals surface area contributed by atoms with Crippen LogP contribution in [0.2, 0.25) is 0 Å². The molecule has 0 aliphatic rings. The van der Waals surface area contributed by atoms with E-state index in [1.165, 1.54) is 18.3 Å². The molecule has 6 heteroatoms. The lowest BCUT2D eigenvalue weighted by Crippen LogP contribution is -2.30. The van der Waals surface area contributed by atoms with Gasteiger partial charge in [0.2, 0.25) is 0 Å². The summed E-state index contributed by atoms with van der Waals surface area (Å²) in [4.78, 5) is 15.0. The van der Waals surface area contributed by atoms with Crippen LogP contribution in [0.15, 0.2) is 18.3 Å². The van der Waals surface area contributed by atoms with E-state index in [-0.39, 0.29) is 17.9 Å². The van der Waals surface area contributed by atoms with Crippen molar-refractivity contribution in [1.82, 2.24) is 4.98 Å². The molecule has 17 heavy (non-hydrogen) atoms. The summed E-state index contributed by atoms with van der Waals surface area (Å²) in [6.45, 7) is 1.68. The molecule has 0 radical (unpaired) electrons. The largest absolute Gasteiger partial charge is 0.464 e. The average molecular weight is 236 g/mol. The number of hydrogen-bond acceptors (Lipinski definition) is 6. The van der Waals surface area contributed by atoms with Gasteiger partial charge in [-0.15, -0.1) is 0 Å². The van der Waals surface area contributed by atoms with Crippen LogP contribution in [-0.4, -0.2) is 33.9 Å². The molecule has 2 N–H and O–H groups in total. The molecule has 2 atom stereocenters. The van der Waals surface area contributed by atoms with Crippen molar-refractivity contribution in [3.05, 3.63) is 29.6 Å². The van der Waals surface area contributed by atoms with Crippen molar-refractivity contribution in [2.24, 2.45) is 0 Å². The Bertz CT molecular complexity index is 441. The molecule has 0 bridgehead atoms. The lowest BCUT2D eigenvalue weighted by Gasteiger charge is -2.16. The van der Waals surface area contributed by atoms with E-state index in [0.717, 1.165) is 0 Å². The van der Waals surface area contributed by atoms with Gasteiger partial charge in [0.15, 0.2) is 6.10 Å². The van der Waals surface area contributed by atoms with E-state index in [1.807, 2.05) is 6.07 Å². The summed E-state index contributed by atoms with van der Waals surface area (Å²) < 4.78 is 4.56. The van der Waals surface area contributed by atoms with Crippen LogP contribution in [0.1, 0.15) is 24.3 Å². The normalized spacial score (nSPS) is 13.5. The first-order valence-corrected chi connectivity index (χ1v) is 4.99. The number of rotatable bonds is 4. The highest BCUT2D eigenvalue weighted by atomic mass is 16.5. The van der Waals surface area contributed by atoms with Gasteiger partial charge >= 0.3 is 5.97 Å². The molecule has 1 aromatic rings. The number of nitriles is 1. The number of aliphatic hydroxyl groups is 2. The number of ether oxygens (including phenoxy) is 1. The van der Waals surface area contributed by atoms with Crippen molar-refractivity contribution >= 4 is 5.97 Å². The first-order chi connectivity index (χ1) is 8.11. The lowest BCUT2D eigenvalue weighted by atomic mass is 10.1. The topological polar surface area (TPSA) is 103 Å². The van der Waals surface area contributed by atoms with Gasteiger partial charge in [-0.25, -0.2) is 4.79 Å². The Morgan fingerprint density at radius 2 is 2.35 bits per heavy atom. The maximum Gasteiger partial charge on any atom is 0.338 e. The van der Waals surface area contributed by atoms with Crippen molar-refractivity contribution in [3.63, 3.8) is 0 Å². The standard InChI is InChI=1S/C11H12N2O4/c1-2-17-11(16)10(15)9(14)8-7(6-12)4-3-5-13-8/h3-5,9-10,14-15H,2H2,1H3. The number of carbonyl (C=O) groups is 1. The quantitative estimate of drug-likeness (QED) is 0.708. The number of esters is 1. The van der Waals surface area contributed by atoms with Crippen molar-refractivity contribution in [1.29, 1.82) is 5.26 Å². The molecule has 1 aromatic heterocycles. The molecule has 0 saturated carbocycles. The summed E-state index contributed by atoms with van der Waals surface area (Å²) in [5.41, 5.74) is 0.0545. The third-order valence-electron chi connectivity index (χ3n) is 2.07. The van der Waals surface area contributed by atoms with E-state index in [9.17, 15) is 15.0 Å². The van der Waals surface area contributed by atoms with E-state index >= 15 is 0 Å². The van der Waals surface area contributed by atoms with Crippen LogP contribution in [-0.2, 0) is 9.53 Å².